The topological polar surface area (TPSA) is 94.2 Å². The number of aromatic nitrogens is 1. The van der Waals surface area contributed by atoms with E-state index in [-0.39, 0.29) is 30.1 Å². The van der Waals surface area contributed by atoms with Crippen LogP contribution in [0.15, 0.2) is 47.4 Å². The molecule has 0 bridgehead atoms. The number of hydrogen-bond acceptors (Lipinski definition) is 4. The van der Waals surface area contributed by atoms with Gasteiger partial charge in [-0.3, -0.25) is 24.3 Å². The maximum atomic E-state index is 12.5. The smallest absolute Gasteiger partial charge is 0.285 e. The quantitative estimate of drug-likeness (QED) is 0.596. The van der Waals surface area contributed by atoms with Crippen LogP contribution < -0.4 is 10.9 Å². The normalized spacial score (nSPS) is 12.2. The van der Waals surface area contributed by atoms with Crippen LogP contribution in [-0.2, 0) is 11.3 Å². The van der Waals surface area contributed by atoms with Crippen molar-refractivity contribution in [3.63, 3.8) is 0 Å². The number of nitro groups is 1. The predicted molar refractivity (Wildman–Crippen MR) is 104 cm³/mol. The lowest BCUT2D eigenvalue weighted by Gasteiger charge is -2.23. The van der Waals surface area contributed by atoms with E-state index in [1.165, 1.54) is 5.56 Å². The molecule has 0 spiro atoms. The van der Waals surface area contributed by atoms with Gasteiger partial charge in [-0.1, -0.05) is 52.0 Å². The number of pyridine rings is 1. The maximum Gasteiger partial charge on any atom is 0.285 e. The summed E-state index contributed by atoms with van der Waals surface area (Å²) in [5.41, 5.74) is 1.51. The van der Waals surface area contributed by atoms with E-state index in [9.17, 15) is 19.7 Å². The molecule has 1 atom stereocenters. The fourth-order valence-electron chi connectivity index (χ4n) is 2.85. The molecule has 144 valence electrons. The Labute approximate surface area is 158 Å². The number of amides is 1. The van der Waals surface area contributed by atoms with Gasteiger partial charge in [-0.25, -0.2) is 0 Å². The molecule has 1 N–H and O–H groups in total. The Morgan fingerprint density at radius 1 is 1.07 bits per heavy atom. The molecule has 2 rings (SSSR count). The Bertz CT molecular complexity index is 870. The van der Waals surface area contributed by atoms with Gasteiger partial charge >= 0.3 is 0 Å². The first kappa shape index (κ1) is 20.4. The highest BCUT2D eigenvalue weighted by molar-refractivity contribution is 5.76. The number of carbonyl (C=O) groups is 1. The van der Waals surface area contributed by atoms with Crippen molar-refractivity contribution in [2.45, 2.75) is 46.2 Å². The van der Waals surface area contributed by atoms with Crippen molar-refractivity contribution in [3.05, 3.63) is 74.2 Å². The molecule has 1 amide bonds. The van der Waals surface area contributed by atoms with Gasteiger partial charge in [0.25, 0.3) is 11.2 Å². The molecular weight excluding hydrogens is 346 g/mol. The molecule has 7 nitrogen and oxygen atoms in total. The monoisotopic (exact) mass is 371 g/mol. The molecule has 0 saturated carbocycles. The number of carbonyl (C=O) groups excluding carboxylic acids is 1. The summed E-state index contributed by atoms with van der Waals surface area (Å²) in [6.45, 7) is 7.97. The van der Waals surface area contributed by atoms with Crippen molar-refractivity contribution in [1.82, 2.24) is 9.88 Å². The standard InChI is InChI=1S/C20H25N3O4/c1-13(2)15-5-7-16(8-6-15)20(14(3)4)21-18(24)12-22-11-17(23(26)27)9-10-19(22)25/h5-11,13-14,20H,12H2,1-4H3,(H,21,24)/t20-/m0/s1. The van der Waals surface area contributed by atoms with Crippen LogP contribution in [0.4, 0.5) is 5.69 Å². The van der Waals surface area contributed by atoms with Gasteiger partial charge in [0, 0.05) is 12.1 Å². The molecule has 0 radical (unpaired) electrons. The van der Waals surface area contributed by atoms with E-state index >= 15 is 0 Å². The third-order valence-electron chi connectivity index (χ3n) is 4.44. The lowest BCUT2D eigenvalue weighted by Crippen LogP contribution is -2.36. The first-order valence-corrected chi connectivity index (χ1v) is 8.93. The number of hydrogen-bond donors (Lipinski definition) is 1. The summed E-state index contributed by atoms with van der Waals surface area (Å²) in [5, 5.41) is 13.8. The number of nitrogens with zero attached hydrogens (tertiary/aromatic N) is 2. The predicted octanol–water partition coefficient (Wildman–Crippen LogP) is 3.39. The Balaban J connectivity index is 2.17. The zero-order valence-corrected chi connectivity index (χ0v) is 16.0. The fraction of sp³-hybridized carbons (Fsp3) is 0.400. The molecule has 0 saturated heterocycles. The van der Waals surface area contributed by atoms with Gasteiger partial charge in [-0.2, -0.15) is 0 Å². The average Bonchev–Trinajstić information content (AvgIpc) is 2.61. The number of benzene rings is 1. The molecule has 27 heavy (non-hydrogen) atoms. The van der Waals surface area contributed by atoms with Crippen LogP contribution in [0.1, 0.15) is 50.8 Å². The highest BCUT2D eigenvalue weighted by Crippen LogP contribution is 2.24. The molecule has 0 unspecified atom stereocenters. The molecule has 0 aliphatic carbocycles. The van der Waals surface area contributed by atoms with E-state index in [2.05, 4.69) is 19.2 Å². The van der Waals surface area contributed by atoms with Crippen LogP contribution in [0.2, 0.25) is 0 Å². The SMILES string of the molecule is CC(C)c1ccc([C@@H](NC(=O)Cn2cc([N+](=O)[O-])ccc2=O)C(C)C)cc1. The molecule has 0 fully saturated rings. The van der Waals surface area contributed by atoms with Gasteiger partial charge in [-0.15, -0.1) is 0 Å². The minimum absolute atomic E-state index is 0.140. The molecular formula is C20H25N3O4. The van der Waals surface area contributed by atoms with Gasteiger partial charge < -0.3 is 5.32 Å². The third-order valence-corrected chi connectivity index (χ3v) is 4.44. The zero-order chi connectivity index (χ0) is 20.1. The summed E-state index contributed by atoms with van der Waals surface area (Å²) in [6.07, 6.45) is 1.09. The molecule has 2 aromatic rings. The summed E-state index contributed by atoms with van der Waals surface area (Å²) in [6, 6.07) is 10.1. The van der Waals surface area contributed by atoms with Crippen molar-refractivity contribution in [1.29, 1.82) is 0 Å². The summed E-state index contributed by atoms with van der Waals surface area (Å²) in [4.78, 5) is 34.6. The lowest BCUT2D eigenvalue weighted by atomic mass is 9.93. The van der Waals surface area contributed by atoms with E-state index in [1.807, 2.05) is 38.1 Å². The Morgan fingerprint density at radius 3 is 2.19 bits per heavy atom. The lowest BCUT2D eigenvalue weighted by molar-refractivity contribution is -0.385. The molecule has 1 aromatic heterocycles. The molecule has 0 aliphatic rings. The summed E-state index contributed by atoms with van der Waals surface area (Å²) < 4.78 is 1.05. The molecule has 7 heteroatoms. The van der Waals surface area contributed by atoms with Crippen LogP contribution in [-0.4, -0.2) is 15.4 Å². The van der Waals surface area contributed by atoms with Crippen LogP contribution in [0, 0.1) is 16.0 Å². The van der Waals surface area contributed by atoms with E-state index in [0.717, 1.165) is 28.5 Å². The highest BCUT2D eigenvalue weighted by Gasteiger charge is 2.19. The third kappa shape index (κ3) is 5.26. The Hall–Kier alpha value is -2.96. The summed E-state index contributed by atoms with van der Waals surface area (Å²) >= 11 is 0. The first-order valence-electron chi connectivity index (χ1n) is 8.93. The minimum Gasteiger partial charge on any atom is -0.347 e. The van der Waals surface area contributed by atoms with E-state index in [1.54, 1.807) is 0 Å². The Kier molecular flexibility index (Phi) is 6.50. The van der Waals surface area contributed by atoms with Crippen molar-refractivity contribution >= 4 is 11.6 Å². The second kappa shape index (κ2) is 8.62. The fourth-order valence-corrected chi connectivity index (χ4v) is 2.85. The van der Waals surface area contributed by atoms with Crippen LogP contribution >= 0.6 is 0 Å². The second-order valence-electron chi connectivity index (χ2n) is 7.22. The van der Waals surface area contributed by atoms with E-state index in [4.69, 9.17) is 0 Å². The van der Waals surface area contributed by atoms with Gasteiger partial charge in [-0.05, 0) is 23.0 Å². The van der Waals surface area contributed by atoms with Gasteiger partial charge in [0.2, 0.25) is 5.91 Å². The molecule has 1 heterocycles. The minimum atomic E-state index is -0.596. The van der Waals surface area contributed by atoms with Crippen LogP contribution in [0.25, 0.3) is 0 Å². The molecule has 1 aromatic carbocycles. The van der Waals surface area contributed by atoms with E-state index < -0.39 is 10.5 Å². The maximum absolute atomic E-state index is 12.5. The summed E-state index contributed by atoms with van der Waals surface area (Å²) in [7, 11) is 0. The van der Waals surface area contributed by atoms with Gasteiger partial charge in [0.05, 0.1) is 17.2 Å². The summed E-state index contributed by atoms with van der Waals surface area (Å²) in [5.74, 6) is 0.191. The average molecular weight is 371 g/mol. The number of nitrogens with one attached hydrogen (secondary N) is 1. The van der Waals surface area contributed by atoms with Gasteiger partial charge in [0.15, 0.2) is 0 Å². The highest BCUT2D eigenvalue weighted by atomic mass is 16.6. The first-order chi connectivity index (χ1) is 12.7. The van der Waals surface area contributed by atoms with E-state index in [0.29, 0.717) is 5.92 Å². The zero-order valence-electron chi connectivity index (χ0n) is 16.0. The van der Waals surface area contributed by atoms with Gasteiger partial charge in [0.1, 0.15) is 6.54 Å². The van der Waals surface area contributed by atoms with Crippen molar-refractivity contribution in [3.8, 4) is 0 Å². The number of rotatable bonds is 7. The van der Waals surface area contributed by atoms with Crippen molar-refractivity contribution in [2.24, 2.45) is 5.92 Å². The van der Waals surface area contributed by atoms with Crippen LogP contribution in [0.3, 0.4) is 0 Å². The second-order valence-corrected chi connectivity index (χ2v) is 7.22. The largest absolute Gasteiger partial charge is 0.347 e. The molecule has 0 aliphatic heterocycles. The van der Waals surface area contributed by atoms with Crippen molar-refractivity contribution in [2.75, 3.05) is 0 Å². The van der Waals surface area contributed by atoms with Crippen molar-refractivity contribution < 1.29 is 9.72 Å². The Morgan fingerprint density at radius 2 is 1.67 bits per heavy atom. The van der Waals surface area contributed by atoms with Crippen LogP contribution in [0.5, 0.6) is 0 Å².